The molecule has 0 fully saturated rings. The Morgan fingerprint density at radius 2 is 1.65 bits per heavy atom. The third kappa shape index (κ3) is 4.00. The molecule has 0 radical (unpaired) electrons. The molecular formula is C15H12BrF3O. The van der Waals surface area contributed by atoms with E-state index in [2.05, 4.69) is 20.7 Å². The molecule has 1 nitrogen and oxygen atoms in total. The minimum Gasteiger partial charge on any atom is -0.435 e. The number of para-hydroxylation sites is 1. The highest BCUT2D eigenvalue weighted by Crippen LogP contribution is 2.34. The molecule has 0 heterocycles. The van der Waals surface area contributed by atoms with Crippen molar-refractivity contribution < 1.29 is 17.9 Å². The van der Waals surface area contributed by atoms with Crippen molar-refractivity contribution in [1.82, 2.24) is 0 Å². The third-order valence-electron chi connectivity index (χ3n) is 2.80. The summed E-state index contributed by atoms with van der Waals surface area (Å²) >= 11 is 3.46. The topological polar surface area (TPSA) is 9.23 Å². The molecule has 106 valence electrons. The van der Waals surface area contributed by atoms with Gasteiger partial charge in [0.25, 0.3) is 0 Å². The third-order valence-corrected chi connectivity index (χ3v) is 3.62. The van der Waals surface area contributed by atoms with Gasteiger partial charge in [0.15, 0.2) is 0 Å². The van der Waals surface area contributed by atoms with Crippen LogP contribution in [0.4, 0.5) is 13.2 Å². The predicted octanol–water partition coefficient (Wildman–Crippen LogP) is 5.11. The van der Waals surface area contributed by atoms with Crippen molar-refractivity contribution in [2.24, 2.45) is 0 Å². The first-order chi connectivity index (χ1) is 9.56. The van der Waals surface area contributed by atoms with Crippen molar-refractivity contribution >= 4 is 15.9 Å². The molecule has 5 heteroatoms. The summed E-state index contributed by atoms with van der Waals surface area (Å²) in [6.07, 6.45) is 0.546. The molecule has 0 aliphatic carbocycles. The Morgan fingerprint density at radius 1 is 1.00 bits per heavy atom. The Kier molecular flexibility index (Phi) is 5.06. The van der Waals surface area contributed by atoms with E-state index in [1.165, 1.54) is 18.2 Å². The average Bonchev–Trinajstić information content (AvgIpc) is 2.41. The first-order valence-electron chi connectivity index (χ1n) is 5.98. The second kappa shape index (κ2) is 6.79. The van der Waals surface area contributed by atoms with Gasteiger partial charge in [-0.3, -0.25) is 0 Å². The van der Waals surface area contributed by atoms with Gasteiger partial charge >= 0.3 is 6.61 Å². The lowest BCUT2D eigenvalue weighted by Crippen LogP contribution is -2.06. The Balaban J connectivity index is 2.16. The molecule has 20 heavy (non-hydrogen) atoms. The lowest BCUT2D eigenvalue weighted by atomic mass is 10.0. The number of rotatable bonds is 5. The first-order valence-corrected chi connectivity index (χ1v) is 6.90. The zero-order valence-corrected chi connectivity index (χ0v) is 12.0. The van der Waals surface area contributed by atoms with E-state index in [0.717, 1.165) is 5.56 Å². The van der Waals surface area contributed by atoms with Crippen LogP contribution in [-0.4, -0.2) is 6.61 Å². The Bertz CT molecular complexity index is 557. The van der Waals surface area contributed by atoms with Gasteiger partial charge in [0.2, 0.25) is 0 Å². The molecule has 2 rings (SSSR count). The van der Waals surface area contributed by atoms with Gasteiger partial charge in [0.1, 0.15) is 11.6 Å². The molecule has 0 bridgehead atoms. The van der Waals surface area contributed by atoms with Gasteiger partial charge in [-0.05, 0) is 30.2 Å². The van der Waals surface area contributed by atoms with E-state index < -0.39 is 6.61 Å². The van der Waals surface area contributed by atoms with Crippen molar-refractivity contribution in [3.8, 4) is 5.75 Å². The van der Waals surface area contributed by atoms with Crippen molar-refractivity contribution in [1.29, 1.82) is 0 Å². The minimum absolute atomic E-state index is 0.145. The summed E-state index contributed by atoms with van der Waals surface area (Å²) in [6, 6.07) is 12.7. The largest absolute Gasteiger partial charge is 0.435 e. The highest BCUT2D eigenvalue weighted by molar-refractivity contribution is 9.09. The van der Waals surface area contributed by atoms with Crippen LogP contribution in [0.3, 0.4) is 0 Å². The van der Waals surface area contributed by atoms with Crippen LogP contribution in [0.2, 0.25) is 0 Å². The summed E-state index contributed by atoms with van der Waals surface area (Å²) in [6.45, 7) is -2.86. The Morgan fingerprint density at radius 3 is 2.30 bits per heavy atom. The molecule has 2 aromatic rings. The number of benzene rings is 2. The van der Waals surface area contributed by atoms with E-state index in [1.807, 2.05) is 0 Å². The van der Waals surface area contributed by atoms with E-state index in [9.17, 15) is 13.2 Å². The van der Waals surface area contributed by atoms with E-state index >= 15 is 0 Å². The fourth-order valence-electron chi connectivity index (χ4n) is 1.88. The molecule has 0 amide bonds. The van der Waals surface area contributed by atoms with Gasteiger partial charge in [0, 0.05) is 10.4 Å². The molecule has 0 aliphatic rings. The van der Waals surface area contributed by atoms with Crippen LogP contribution in [0, 0.1) is 5.82 Å². The van der Waals surface area contributed by atoms with Crippen LogP contribution in [0.25, 0.3) is 0 Å². The summed E-state index contributed by atoms with van der Waals surface area (Å²) in [5, 5.41) is 0. The number of halogens is 4. The molecule has 0 saturated carbocycles. The summed E-state index contributed by atoms with van der Waals surface area (Å²) in [4.78, 5) is -0.192. The van der Waals surface area contributed by atoms with Gasteiger partial charge in [-0.25, -0.2) is 4.39 Å². The van der Waals surface area contributed by atoms with Crippen molar-refractivity contribution in [3.63, 3.8) is 0 Å². The molecular weight excluding hydrogens is 333 g/mol. The van der Waals surface area contributed by atoms with Crippen LogP contribution in [0.1, 0.15) is 16.0 Å². The minimum atomic E-state index is -2.86. The molecule has 0 aliphatic heterocycles. The van der Waals surface area contributed by atoms with Crippen molar-refractivity contribution in [3.05, 3.63) is 65.5 Å². The maximum atomic E-state index is 12.8. The van der Waals surface area contributed by atoms with Crippen molar-refractivity contribution in [2.75, 3.05) is 0 Å². The van der Waals surface area contributed by atoms with Crippen LogP contribution >= 0.6 is 15.9 Å². The smallest absolute Gasteiger partial charge is 0.387 e. The Hall–Kier alpha value is -1.49. The molecule has 1 unspecified atom stereocenters. The van der Waals surface area contributed by atoms with Gasteiger partial charge in [0.05, 0.1) is 0 Å². The predicted molar refractivity (Wildman–Crippen MR) is 74.8 cm³/mol. The second-order valence-electron chi connectivity index (χ2n) is 4.21. The Labute approximate surface area is 123 Å². The maximum Gasteiger partial charge on any atom is 0.387 e. The lowest BCUT2D eigenvalue weighted by molar-refractivity contribution is -0.0504. The molecule has 0 aromatic heterocycles. The summed E-state index contributed by atoms with van der Waals surface area (Å²) < 4.78 is 42.1. The molecule has 1 atom stereocenters. The number of alkyl halides is 3. The van der Waals surface area contributed by atoms with Gasteiger partial charge in [-0.1, -0.05) is 46.3 Å². The fourth-order valence-corrected chi connectivity index (χ4v) is 2.63. The molecule has 0 spiro atoms. The number of hydrogen-bond donors (Lipinski definition) is 0. The SMILES string of the molecule is Fc1ccc(CC(Br)c2ccccc2OC(F)F)cc1. The van der Waals surface area contributed by atoms with E-state index in [-0.39, 0.29) is 16.4 Å². The molecule has 0 N–H and O–H groups in total. The van der Waals surface area contributed by atoms with E-state index in [4.69, 9.17) is 0 Å². The lowest BCUT2D eigenvalue weighted by Gasteiger charge is -2.15. The standard InChI is InChI=1S/C15H12BrF3O/c16-13(9-10-5-7-11(17)8-6-10)12-3-1-2-4-14(12)20-15(18)19/h1-8,13,15H,9H2. The average molecular weight is 345 g/mol. The fraction of sp³-hybridized carbons (Fsp3) is 0.200. The van der Waals surface area contributed by atoms with Crippen molar-refractivity contribution in [2.45, 2.75) is 17.9 Å². The normalized spacial score (nSPS) is 12.4. The quantitative estimate of drug-likeness (QED) is 0.685. The molecule has 2 aromatic carbocycles. The van der Waals surface area contributed by atoms with Gasteiger partial charge in [-0.2, -0.15) is 8.78 Å². The van der Waals surface area contributed by atoms with Crippen LogP contribution < -0.4 is 4.74 Å². The van der Waals surface area contributed by atoms with Crippen LogP contribution in [0.15, 0.2) is 48.5 Å². The first kappa shape index (κ1) is 14.9. The van der Waals surface area contributed by atoms with E-state index in [1.54, 1.807) is 30.3 Å². The monoisotopic (exact) mass is 344 g/mol. The summed E-state index contributed by atoms with van der Waals surface area (Å²) in [5.74, 6) is -0.159. The van der Waals surface area contributed by atoms with E-state index in [0.29, 0.717) is 12.0 Å². The molecule has 0 saturated heterocycles. The van der Waals surface area contributed by atoms with Gasteiger partial charge < -0.3 is 4.74 Å². The number of ether oxygens (including phenoxy) is 1. The van der Waals surface area contributed by atoms with Gasteiger partial charge in [-0.15, -0.1) is 0 Å². The second-order valence-corrected chi connectivity index (χ2v) is 5.32. The van der Waals surface area contributed by atoms with Crippen LogP contribution in [-0.2, 0) is 6.42 Å². The highest BCUT2D eigenvalue weighted by atomic mass is 79.9. The highest BCUT2D eigenvalue weighted by Gasteiger charge is 2.16. The maximum absolute atomic E-state index is 12.8. The number of hydrogen-bond acceptors (Lipinski definition) is 1. The summed E-state index contributed by atoms with van der Waals surface area (Å²) in [5.41, 5.74) is 1.54. The summed E-state index contributed by atoms with van der Waals surface area (Å²) in [7, 11) is 0. The zero-order chi connectivity index (χ0) is 14.5. The van der Waals surface area contributed by atoms with Crippen LogP contribution in [0.5, 0.6) is 5.75 Å². The zero-order valence-electron chi connectivity index (χ0n) is 10.4.